The first kappa shape index (κ1) is 16.8. The Labute approximate surface area is 159 Å². The van der Waals surface area contributed by atoms with Crippen LogP contribution in [0.1, 0.15) is 36.2 Å². The second-order valence-electron chi connectivity index (χ2n) is 6.02. The van der Waals surface area contributed by atoms with Crippen LogP contribution in [0.25, 0.3) is 10.7 Å². The Morgan fingerprint density at radius 1 is 1.28 bits per heavy atom. The highest BCUT2D eigenvalue weighted by atomic mass is 35.5. The smallest absolute Gasteiger partial charge is 0.192 e. The number of carbonyl (C=O) groups excluding carboxylic acids is 1. The van der Waals surface area contributed by atoms with Crippen molar-refractivity contribution in [2.45, 2.75) is 36.2 Å². The van der Waals surface area contributed by atoms with Crippen molar-refractivity contribution in [2.24, 2.45) is 0 Å². The number of nitrogens with zero attached hydrogens (tertiary/aromatic N) is 3. The SMILES string of the molecule is C[C@H](Sc1nnc(-c2cccs2)n1C1CC1)C(=O)c1ccc(Cl)cc1. The molecule has 0 N–H and O–H groups in total. The Morgan fingerprint density at radius 2 is 2.04 bits per heavy atom. The van der Waals surface area contributed by atoms with Gasteiger partial charge in [0.2, 0.25) is 0 Å². The molecule has 2 heterocycles. The number of hydrogen-bond acceptors (Lipinski definition) is 5. The van der Waals surface area contributed by atoms with Crippen molar-refractivity contribution in [3.05, 3.63) is 52.4 Å². The van der Waals surface area contributed by atoms with Crippen LogP contribution in [0.2, 0.25) is 5.02 Å². The lowest BCUT2D eigenvalue weighted by molar-refractivity contribution is 0.0994. The van der Waals surface area contributed by atoms with Crippen molar-refractivity contribution in [3.63, 3.8) is 0 Å². The van der Waals surface area contributed by atoms with Crippen molar-refractivity contribution >= 4 is 40.5 Å². The number of Topliss-reactive ketones (excluding diaryl/α,β-unsaturated/α-hetero) is 1. The van der Waals surface area contributed by atoms with Crippen LogP contribution in [0.5, 0.6) is 0 Å². The van der Waals surface area contributed by atoms with Crippen molar-refractivity contribution in [2.75, 3.05) is 0 Å². The van der Waals surface area contributed by atoms with Crippen LogP contribution in [0, 0.1) is 0 Å². The van der Waals surface area contributed by atoms with Crippen LogP contribution < -0.4 is 0 Å². The lowest BCUT2D eigenvalue weighted by Gasteiger charge is -2.12. The van der Waals surface area contributed by atoms with Gasteiger partial charge in [-0.1, -0.05) is 29.4 Å². The molecule has 1 saturated carbocycles. The molecule has 3 aromatic rings. The summed E-state index contributed by atoms with van der Waals surface area (Å²) in [4.78, 5) is 13.8. The monoisotopic (exact) mass is 389 g/mol. The third kappa shape index (κ3) is 3.52. The van der Waals surface area contributed by atoms with Gasteiger partial charge in [-0.2, -0.15) is 0 Å². The van der Waals surface area contributed by atoms with E-state index in [-0.39, 0.29) is 11.0 Å². The van der Waals surface area contributed by atoms with Gasteiger partial charge in [-0.15, -0.1) is 21.5 Å². The van der Waals surface area contributed by atoms with E-state index < -0.39 is 0 Å². The number of carbonyl (C=O) groups is 1. The molecular formula is C18H16ClN3OS2. The molecule has 4 rings (SSSR count). The molecule has 7 heteroatoms. The lowest BCUT2D eigenvalue weighted by Crippen LogP contribution is -2.14. The highest BCUT2D eigenvalue weighted by molar-refractivity contribution is 8.00. The fourth-order valence-corrected chi connectivity index (χ4v) is 4.48. The van der Waals surface area contributed by atoms with Crippen molar-refractivity contribution in [1.82, 2.24) is 14.8 Å². The van der Waals surface area contributed by atoms with Gasteiger partial charge in [0.1, 0.15) is 0 Å². The van der Waals surface area contributed by atoms with Crippen LogP contribution in [0.15, 0.2) is 46.9 Å². The summed E-state index contributed by atoms with van der Waals surface area (Å²) in [6, 6.07) is 11.6. The normalized spacial score (nSPS) is 15.3. The first-order valence-electron chi connectivity index (χ1n) is 8.08. The molecule has 4 nitrogen and oxygen atoms in total. The topological polar surface area (TPSA) is 47.8 Å². The summed E-state index contributed by atoms with van der Waals surface area (Å²) < 4.78 is 2.20. The fourth-order valence-electron chi connectivity index (χ4n) is 2.65. The number of benzene rings is 1. The van der Waals surface area contributed by atoms with E-state index in [0.717, 1.165) is 28.7 Å². The molecule has 0 spiro atoms. The molecule has 128 valence electrons. The third-order valence-electron chi connectivity index (χ3n) is 4.10. The summed E-state index contributed by atoms with van der Waals surface area (Å²) in [5, 5.41) is 12.0. The Kier molecular flexibility index (Phi) is 4.67. The fraction of sp³-hybridized carbons (Fsp3) is 0.278. The van der Waals surface area contributed by atoms with Crippen molar-refractivity contribution < 1.29 is 4.79 Å². The number of thioether (sulfide) groups is 1. The van der Waals surface area contributed by atoms with Gasteiger partial charge in [-0.25, -0.2) is 0 Å². The molecule has 2 aromatic heterocycles. The van der Waals surface area contributed by atoms with E-state index in [9.17, 15) is 4.79 Å². The summed E-state index contributed by atoms with van der Waals surface area (Å²) in [5.41, 5.74) is 0.667. The zero-order chi connectivity index (χ0) is 17.4. The Balaban J connectivity index is 1.58. The molecule has 25 heavy (non-hydrogen) atoms. The molecule has 1 fully saturated rings. The lowest BCUT2D eigenvalue weighted by atomic mass is 10.1. The highest BCUT2D eigenvalue weighted by Gasteiger charge is 2.31. The van der Waals surface area contributed by atoms with Gasteiger partial charge in [0.05, 0.1) is 10.1 Å². The minimum atomic E-state index is -0.237. The van der Waals surface area contributed by atoms with Gasteiger partial charge in [0.15, 0.2) is 16.8 Å². The molecule has 1 aliphatic carbocycles. The van der Waals surface area contributed by atoms with E-state index >= 15 is 0 Å². The van der Waals surface area contributed by atoms with Gasteiger partial charge >= 0.3 is 0 Å². The molecule has 0 amide bonds. The van der Waals surface area contributed by atoms with Gasteiger partial charge < -0.3 is 0 Å². The zero-order valence-electron chi connectivity index (χ0n) is 13.6. The number of aromatic nitrogens is 3. The van der Waals surface area contributed by atoms with Gasteiger partial charge in [-0.3, -0.25) is 9.36 Å². The molecule has 0 radical (unpaired) electrons. The van der Waals surface area contributed by atoms with Gasteiger partial charge in [-0.05, 0) is 55.5 Å². The Morgan fingerprint density at radius 3 is 2.68 bits per heavy atom. The summed E-state index contributed by atoms with van der Waals surface area (Å²) in [5.74, 6) is 0.982. The first-order chi connectivity index (χ1) is 12.1. The van der Waals surface area contributed by atoms with Gasteiger partial charge in [0.25, 0.3) is 0 Å². The summed E-state index contributed by atoms with van der Waals surface area (Å²) in [7, 11) is 0. The Bertz CT molecular complexity index is 886. The second-order valence-corrected chi connectivity index (χ2v) is 8.71. The van der Waals surface area contributed by atoms with E-state index in [1.807, 2.05) is 18.4 Å². The third-order valence-corrected chi connectivity index (χ3v) is 6.27. The molecule has 1 aromatic carbocycles. The number of rotatable bonds is 6. The average Bonchev–Trinajstić information content (AvgIpc) is 3.14. The molecule has 0 saturated heterocycles. The molecule has 0 bridgehead atoms. The molecular weight excluding hydrogens is 374 g/mol. The van der Waals surface area contributed by atoms with E-state index in [0.29, 0.717) is 16.6 Å². The van der Waals surface area contributed by atoms with E-state index in [1.165, 1.54) is 11.8 Å². The van der Waals surface area contributed by atoms with Crippen LogP contribution in [0.4, 0.5) is 0 Å². The minimum Gasteiger partial charge on any atom is -0.298 e. The quantitative estimate of drug-likeness (QED) is 0.420. The largest absolute Gasteiger partial charge is 0.298 e. The van der Waals surface area contributed by atoms with Gasteiger partial charge in [0, 0.05) is 16.6 Å². The number of hydrogen-bond donors (Lipinski definition) is 0. The van der Waals surface area contributed by atoms with E-state index in [4.69, 9.17) is 11.6 Å². The molecule has 1 aliphatic rings. The molecule has 1 atom stereocenters. The van der Waals surface area contributed by atoms with Crippen LogP contribution in [0.3, 0.4) is 0 Å². The molecule has 0 aliphatic heterocycles. The van der Waals surface area contributed by atoms with Crippen molar-refractivity contribution in [1.29, 1.82) is 0 Å². The maximum absolute atomic E-state index is 12.7. The van der Waals surface area contributed by atoms with E-state index in [2.05, 4.69) is 20.8 Å². The zero-order valence-corrected chi connectivity index (χ0v) is 15.9. The average molecular weight is 390 g/mol. The maximum atomic E-state index is 12.7. The number of ketones is 1. The Hall–Kier alpha value is -1.63. The minimum absolute atomic E-state index is 0.0738. The maximum Gasteiger partial charge on any atom is 0.192 e. The summed E-state index contributed by atoms with van der Waals surface area (Å²) in [6.45, 7) is 1.92. The van der Waals surface area contributed by atoms with Crippen LogP contribution in [-0.2, 0) is 0 Å². The molecule has 0 unspecified atom stereocenters. The first-order valence-corrected chi connectivity index (χ1v) is 10.2. The standard InChI is InChI=1S/C18H16ClN3OS2/c1-11(16(23)12-4-6-13(19)7-5-12)25-18-21-20-17(15-3-2-10-24-15)22(18)14-8-9-14/h2-7,10-11,14H,8-9H2,1H3/t11-/m0/s1. The van der Waals surface area contributed by atoms with Crippen LogP contribution in [-0.4, -0.2) is 25.8 Å². The summed E-state index contributed by atoms with van der Waals surface area (Å²) in [6.07, 6.45) is 2.28. The van der Waals surface area contributed by atoms with E-state index in [1.54, 1.807) is 35.6 Å². The highest BCUT2D eigenvalue weighted by Crippen LogP contribution is 2.42. The predicted octanol–water partition coefficient (Wildman–Crippen LogP) is 5.36. The summed E-state index contributed by atoms with van der Waals surface area (Å²) >= 11 is 9.04. The number of halogens is 1. The predicted molar refractivity (Wildman–Crippen MR) is 103 cm³/mol. The number of thiophene rings is 1. The second kappa shape index (κ2) is 6.94. The van der Waals surface area contributed by atoms with Crippen LogP contribution >= 0.6 is 34.7 Å². The van der Waals surface area contributed by atoms with Crippen molar-refractivity contribution in [3.8, 4) is 10.7 Å².